The number of benzene rings is 2. The van der Waals surface area contributed by atoms with Gasteiger partial charge in [0.15, 0.2) is 0 Å². The normalized spacial score (nSPS) is 19.4. The van der Waals surface area contributed by atoms with Gasteiger partial charge in [0.05, 0.1) is 0 Å². The Balaban J connectivity index is 1.43. The summed E-state index contributed by atoms with van der Waals surface area (Å²) in [6.07, 6.45) is 7.10. The highest BCUT2D eigenvalue weighted by atomic mass is 16.4. The lowest BCUT2D eigenvalue weighted by atomic mass is 9.74. The molecule has 0 bridgehead atoms. The molecule has 6 nitrogen and oxygen atoms in total. The molecule has 1 aromatic heterocycles. The molecule has 1 aliphatic rings. The van der Waals surface area contributed by atoms with E-state index in [4.69, 9.17) is 0 Å². The van der Waals surface area contributed by atoms with Crippen molar-refractivity contribution in [1.29, 1.82) is 0 Å². The molecule has 2 aromatic carbocycles. The number of aromatic nitrogens is 1. The second-order valence-electron chi connectivity index (χ2n) is 9.06. The number of aromatic amines is 1. The van der Waals surface area contributed by atoms with Crippen molar-refractivity contribution in [2.24, 2.45) is 0 Å². The molecular weight excluding hydrogens is 414 g/mol. The zero-order chi connectivity index (χ0) is 23.4. The van der Waals surface area contributed by atoms with Gasteiger partial charge in [-0.05, 0) is 57.0 Å². The van der Waals surface area contributed by atoms with Crippen LogP contribution >= 0.6 is 0 Å². The second-order valence-corrected chi connectivity index (χ2v) is 9.06. The molecule has 1 aliphatic carbocycles. The summed E-state index contributed by atoms with van der Waals surface area (Å²) in [4.78, 5) is 30.0. The highest BCUT2D eigenvalue weighted by Gasteiger charge is 2.37. The lowest BCUT2D eigenvalue weighted by Gasteiger charge is -2.44. The summed E-state index contributed by atoms with van der Waals surface area (Å²) in [7, 11) is 4.22. The van der Waals surface area contributed by atoms with Gasteiger partial charge in [0, 0.05) is 35.1 Å². The lowest BCUT2D eigenvalue weighted by Crippen LogP contribution is -2.44. The smallest absolute Gasteiger partial charge is 0.326 e. The minimum Gasteiger partial charge on any atom is -0.480 e. The molecule has 0 aliphatic heterocycles. The predicted molar refractivity (Wildman–Crippen MR) is 130 cm³/mol. The third-order valence-electron chi connectivity index (χ3n) is 6.94. The third kappa shape index (κ3) is 4.86. The van der Waals surface area contributed by atoms with Gasteiger partial charge in [-0.25, -0.2) is 4.79 Å². The molecule has 172 valence electrons. The van der Waals surface area contributed by atoms with E-state index in [0.717, 1.165) is 47.7 Å². The number of carboxylic acids is 1. The van der Waals surface area contributed by atoms with Gasteiger partial charge < -0.3 is 15.4 Å². The van der Waals surface area contributed by atoms with E-state index in [0.29, 0.717) is 0 Å². The fourth-order valence-corrected chi connectivity index (χ4v) is 4.99. The van der Waals surface area contributed by atoms with Crippen molar-refractivity contribution in [3.63, 3.8) is 0 Å². The van der Waals surface area contributed by atoms with Crippen LogP contribution in [-0.2, 0) is 21.5 Å². The van der Waals surface area contributed by atoms with Crippen molar-refractivity contribution in [3.05, 3.63) is 83.6 Å². The van der Waals surface area contributed by atoms with Crippen molar-refractivity contribution < 1.29 is 14.7 Å². The van der Waals surface area contributed by atoms with E-state index in [2.05, 4.69) is 53.6 Å². The Bertz CT molecular complexity index is 1150. The zero-order valence-corrected chi connectivity index (χ0v) is 19.2. The number of amides is 1. The monoisotopic (exact) mass is 445 g/mol. The van der Waals surface area contributed by atoms with Crippen LogP contribution in [0.25, 0.3) is 10.9 Å². The van der Waals surface area contributed by atoms with Gasteiger partial charge in [0.25, 0.3) is 0 Å². The van der Waals surface area contributed by atoms with Gasteiger partial charge in [-0.3, -0.25) is 9.69 Å². The number of nitrogens with one attached hydrogen (secondary N) is 2. The number of hydrogen-bond donors (Lipinski definition) is 3. The summed E-state index contributed by atoms with van der Waals surface area (Å²) in [6.45, 7) is 0. The molecule has 3 aromatic rings. The molecular formula is C27H31N3O3. The number of carbonyl (C=O) groups is 2. The summed E-state index contributed by atoms with van der Waals surface area (Å²) < 4.78 is 0. The minimum absolute atomic E-state index is 0.0476. The maximum atomic E-state index is 12.7. The lowest BCUT2D eigenvalue weighted by molar-refractivity contribution is -0.141. The summed E-state index contributed by atoms with van der Waals surface area (Å²) in [6, 6.07) is 17.3. The first-order chi connectivity index (χ1) is 15.9. The maximum Gasteiger partial charge on any atom is 0.326 e. The van der Waals surface area contributed by atoms with Crippen LogP contribution in [0, 0.1) is 0 Å². The van der Waals surface area contributed by atoms with E-state index >= 15 is 0 Å². The van der Waals surface area contributed by atoms with Crippen LogP contribution in [0.3, 0.4) is 0 Å². The molecule has 1 fully saturated rings. The first-order valence-corrected chi connectivity index (χ1v) is 11.4. The first-order valence-electron chi connectivity index (χ1n) is 11.4. The second kappa shape index (κ2) is 9.63. The van der Waals surface area contributed by atoms with Crippen LogP contribution in [-0.4, -0.2) is 47.0 Å². The van der Waals surface area contributed by atoms with Crippen LogP contribution in [0.4, 0.5) is 0 Å². The van der Waals surface area contributed by atoms with E-state index in [1.807, 2.05) is 36.5 Å². The topological polar surface area (TPSA) is 85.4 Å². The molecule has 0 radical (unpaired) electrons. The Hall–Kier alpha value is -3.38. The molecule has 0 saturated heterocycles. The number of carbonyl (C=O) groups excluding carboxylic acids is 1. The summed E-state index contributed by atoms with van der Waals surface area (Å²) >= 11 is 0. The largest absolute Gasteiger partial charge is 0.480 e. The summed E-state index contributed by atoms with van der Waals surface area (Å²) in [5.41, 5.74) is 4.14. The van der Waals surface area contributed by atoms with Gasteiger partial charge in [-0.2, -0.15) is 0 Å². The van der Waals surface area contributed by atoms with Crippen LogP contribution < -0.4 is 5.32 Å². The van der Waals surface area contributed by atoms with E-state index in [9.17, 15) is 14.7 Å². The number of rotatable bonds is 7. The molecule has 1 unspecified atom stereocenters. The average molecular weight is 446 g/mol. The number of para-hydroxylation sites is 1. The number of H-pyrrole nitrogens is 1. The molecule has 1 atom stereocenters. The van der Waals surface area contributed by atoms with Crippen molar-refractivity contribution >= 4 is 22.8 Å². The van der Waals surface area contributed by atoms with E-state index < -0.39 is 12.0 Å². The quantitative estimate of drug-likeness (QED) is 0.475. The Kier molecular flexibility index (Phi) is 6.65. The first kappa shape index (κ1) is 22.8. The summed E-state index contributed by atoms with van der Waals surface area (Å²) in [5, 5.41) is 13.4. The van der Waals surface area contributed by atoms with E-state index in [1.54, 1.807) is 6.08 Å². The van der Waals surface area contributed by atoms with Crippen LogP contribution in [0.15, 0.2) is 72.4 Å². The van der Waals surface area contributed by atoms with E-state index in [-0.39, 0.29) is 17.9 Å². The molecule has 0 spiro atoms. The highest BCUT2D eigenvalue weighted by Crippen LogP contribution is 2.42. The van der Waals surface area contributed by atoms with Crippen LogP contribution in [0.1, 0.15) is 36.8 Å². The number of allylic oxidation sites excluding steroid dienone is 1. The van der Waals surface area contributed by atoms with E-state index in [1.165, 1.54) is 5.56 Å². The number of nitrogens with zero attached hydrogens (tertiary/aromatic N) is 1. The molecule has 6 heteroatoms. The fourth-order valence-electron chi connectivity index (χ4n) is 4.99. The van der Waals surface area contributed by atoms with Crippen LogP contribution in [0.2, 0.25) is 0 Å². The zero-order valence-electron chi connectivity index (χ0n) is 19.2. The molecule has 3 N–H and O–H groups in total. The van der Waals surface area contributed by atoms with Gasteiger partial charge in [-0.1, -0.05) is 54.1 Å². The Morgan fingerprint density at radius 2 is 1.76 bits per heavy atom. The molecule has 1 heterocycles. The summed E-state index contributed by atoms with van der Waals surface area (Å²) in [5.74, 6) is -1.37. The Labute approximate surface area is 194 Å². The molecule has 4 rings (SSSR count). The van der Waals surface area contributed by atoms with Gasteiger partial charge in [-0.15, -0.1) is 0 Å². The maximum absolute atomic E-state index is 12.7. The van der Waals surface area contributed by atoms with Gasteiger partial charge in [0.2, 0.25) is 5.91 Å². The minimum atomic E-state index is -1.04. The third-order valence-corrected chi connectivity index (χ3v) is 6.94. The molecule has 33 heavy (non-hydrogen) atoms. The number of carboxylic acid groups (broad SMARTS) is 1. The van der Waals surface area contributed by atoms with Gasteiger partial charge in [0.1, 0.15) is 6.04 Å². The van der Waals surface area contributed by atoms with Crippen molar-refractivity contribution in [3.8, 4) is 0 Å². The number of aliphatic carboxylic acids is 1. The standard InChI is InChI=1S/C27H31N3O3/c1-30(2)27(21-8-4-3-5-9-21)14-12-19(13-15-27)16-25(31)29-24(26(32)33)17-20-18-28-23-11-7-6-10-22(20)23/h3-11,16,18,24,28H,12-15,17H2,1-2H3,(H,29,31)(H,32,33). The molecule has 1 amide bonds. The Morgan fingerprint density at radius 1 is 1.09 bits per heavy atom. The van der Waals surface area contributed by atoms with Crippen molar-refractivity contribution in [1.82, 2.24) is 15.2 Å². The van der Waals surface area contributed by atoms with Crippen molar-refractivity contribution in [2.45, 2.75) is 43.7 Å². The number of fused-ring (bicyclic) bond motifs is 1. The predicted octanol–water partition coefficient (Wildman–Crippen LogP) is 4.24. The fraction of sp³-hybridized carbons (Fsp3) is 0.333. The SMILES string of the molecule is CN(C)C1(c2ccccc2)CCC(=CC(=O)NC(Cc2c[nH]c3ccccc23)C(=O)O)CC1. The van der Waals surface area contributed by atoms with Gasteiger partial charge >= 0.3 is 5.97 Å². The molecule has 1 saturated carbocycles. The van der Waals surface area contributed by atoms with Crippen molar-refractivity contribution in [2.75, 3.05) is 14.1 Å². The highest BCUT2D eigenvalue weighted by molar-refractivity contribution is 5.92. The number of hydrogen-bond acceptors (Lipinski definition) is 3. The Morgan fingerprint density at radius 3 is 2.42 bits per heavy atom. The van der Waals surface area contributed by atoms with Crippen LogP contribution in [0.5, 0.6) is 0 Å². The average Bonchev–Trinajstić information content (AvgIpc) is 3.22.